The standard InChI is InChI=1S/C15H11BrFN3O2/c1-9-8-14(18-15(21)12-6-7-13(16)22-12)20(19-9)11-4-2-10(17)3-5-11/h2-8H,1H3,(H,18,21). The van der Waals surface area contributed by atoms with Gasteiger partial charge in [0.25, 0.3) is 5.91 Å². The minimum atomic E-state index is -0.394. The molecule has 0 bridgehead atoms. The Hall–Kier alpha value is -2.41. The molecule has 0 spiro atoms. The van der Waals surface area contributed by atoms with Crippen molar-refractivity contribution in [2.75, 3.05) is 5.32 Å². The number of halogens is 2. The molecule has 5 nitrogen and oxygen atoms in total. The summed E-state index contributed by atoms with van der Waals surface area (Å²) >= 11 is 3.15. The van der Waals surface area contributed by atoms with Gasteiger partial charge in [0.15, 0.2) is 10.4 Å². The van der Waals surface area contributed by atoms with Gasteiger partial charge in [-0.2, -0.15) is 5.10 Å². The number of hydrogen-bond donors (Lipinski definition) is 1. The van der Waals surface area contributed by atoms with Gasteiger partial charge in [-0.1, -0.05) is 0 Å². The lowest BCUT2D eigenvalue weighted by atomic mass is 10.3. The van der Waals surface area contributed by atoms with Crippen LogP contribution >= 0.6 is 15.9 Å². The van der Waals surface area contributed by atoms with Gasteiger partial charge in [0.2, 0.25) is 0 Å². The molecular formula is C15H11BrFN3O2. The highest BCUT2D eigenvalue weighted by Gasteiger charge is 2.15. The number of nitrogens with zero attached hydrogens (tertiary/aromatic N) is 2. The van der Waals surface area contributed by atoms with E-state index in [4.69, 9.17) is 4.42 Å². The second-order valence-electron chi connectivity index (χ2n) is 4.62. The van der Waals surface area contributed by atoms with Gasteiger partial charge < -0.3 is 9.73 Å². The predicted molar refractivity (Wildman–Crippen MR) is 82.6 cm³/mol. The molecule has 0 atom stereocenters. The third kappa shape index (κ3) is 2.94. The lowest BCUT2D eigenvalue weighted by molar-refractivity contribution is 0.0994. The second-order valence-corrected chi connectivity index (χ2v) is 5.40. The van der Waals surface area contributed by atoms with Crippen LogP contribution in [0.2, 0.25) is 0 Å². The second kappa shape index (κ2) is 5.76. The van der Waals surface area contributed by atoms with Crippen LogP contribution in [0.1, 0.15) is 16.2 Å². The van der Waals surface area contributed by atoms with Crippen molar-refractivity contribution in [3.8, 4) is 5.69 Å². The van der Waals surface area contributed by atoms with Crippen molar-refractivity contribution in [3.05, 3.63) is 64.4 Å². The summed E-state index contributed by atoms with van der Waals surface area (Å²) in [7, 11) is 0. The summed E-state index contributed by atoms with van der Waals surface area (Å²) < 4.78 is 20.2. The Kier molecular flexibility index (Phi) is 3.81. The van der Waals surface area contributed by atoms with Gasteiger partial charge in [-0.05, 0) is 59.3 Å². The summed E-state index contributed by atoms with van der Waals surface area (Å²) in [6.07, 6.45) is 0. The molecule has 1 N–H and O–H groups in total. The Bertz CT molecular complexity index is 824. The number of aryl methyl sites for hydroxylation is 1. The Morgan fingerprint density at radius 3 is 2.64 bits per heavy atom. The van der Waals surface area contributed by atoms with Crippen molar-refractivity contribution in [2.45, 2.75) is 6.92 Å². The summed E-state index contributed by atoms with van der Waals surface area (Å²) in [6.45, 7) is 1.80. The lowest BCUT2D eigenvalue weighted by Gasteiger charge is -2.07. The van der Waals surface area contributed by atoms with Crippen LogP contribution in [0, 0.1) is 12.7 Å². The number of hydrogen-bond acceptors (Lipinski definition) is 3. The summed E-state index contributed by atoms with van der Waals surface area (Å²) in [5, 5.41) is 7.03. The van der Waals surface area contributed by atoms with E-state index in [-0.39, 0.29) is 11.6 Å². The largest absolute Gasteiger partial charge is 0.444 e. The first-order valence-corrected chi connectivity index (χ1v) is 7.21. The number of benzene rings is 1. The number of carbonyl (C=O) groups excluding carboxylic acids is 1. The van der Waals surface area contributed by atoms with E-state index >= 15 is 0 Å². The molecule has 2 heterocycles. The van der Waals surface area contributed by atoms with Crippen LogP contribution in [0.3, 0.4) is 0 Å². The van der Waals surface area contributed by atoms with Crippen molar-refractivity contribution >= 4 is 27.7 Å². The van der Waals surface area contributed by atoms with E-state index in [2.05, 4.69) is 26.3 Å². The van der Waals surface area contributed by atoms with Crippen molar-refractivity contribution in [1.82, 2.24) is 9.78 Å². The van der Waals surface area contributed by atoms with Crippen molar-refractivity contribution in [2.24, 2.45) is 0 Å². The summed E-state index contributed by atoms with van der Waals surface area (Å²) in [5.41, 5.74) is 1.37. The van der Waals surface area contributed by atoms with Crippen molar-refractivity contribution in [1.29, 1.82) is 0 Å². The van der Waals surface area contributed by atoms with Gasteiger partial charge in [0.1, 0.15) is 11.6 Å². The Morgan fingerprint density at radius 1 is 1.27 bits per heavy atom. The average Bonchev–Trinajstić information content (AvgIpc) is 3.06. The van der Waals surface area contributed by atoms with Crippen LogP contribution in [0.4, 0.5) is 10.2 Å². The minimum Gasteiger partial charge on any atom is -0.444 e. The molecular weight excluding hydrogens is 353 g/mol. The molecule has 112 valence electrons. The van der Waals surface area contributed by atoms with Gasteiger partial charge in [-0.15, -0.1) is 0 Å². The SMILES string of the molecule is Cc1cc(NC(=O)c2ccc(Br)o2)n(-c2ccc(F)cc2)n1. The smallest absolute Gasteiger partial charge is 0.292 e. The number of furan rings is 1. The van der Waals surface area contributed by atoms with E-state index in [9.17, 15) is 9.18 Å². The fourth-order valence-electron chi connectivity index (χ4n) is 1.98. The monoisotopic (exact) mass is 363 g/mol. The maximum absolute atomic E-state index is 13.0. The van der Waals surface area contributed by atoms with Crippen LogP contribution in [-0.2, 0) is 0 Å². The van der Waals surface area contributed by atoms with Crippen molar-refractivity contribution in [3.63, 3.8) is 0 Å². The molecule has 1 aromatic carbocycles. The molecule has 0 aliphatic heterocycles. The fourth-order valence-corrected chi connectivity index (χ4v) is 2.29. The number of amides is 1. The first-order chi connectivity index (χ1) is 10.5. The van der Waals surface area contributed by atoms with Crippen LogP contribution in [0.5, 0.6) is 0 Å². The van der Waals surface area contributed by atoms with E-state index in [1.54, 1.807) is 37.3 Å². The summed E-state index contributed by atoms with van der Waals surface area (Å²) in [4.78, 5) is 12.1. The van der Waals surface area contributed by atoms with E-state index in [1.807, 2.05) is 0 Å². The molecule has 3 rings (SSSR count). The lowest BCUT2D eigenvalue weighted by Crippen LogP contribution is -2.14. The molecule has 0 fully saturated rings. The van der Waals surface area contributed by atoms with Crippen LogP contribution in [-0.4, -0.2) is 15.7 Å². The van der Waals surface area contributed by atoms with Gasteiger partial charge in [0, 0.05) is 6.07 Å². The van der Waals surface area contributed by atoms with E-state index < -0.39 is 5.91 Å². The highest BCUT2D eigenvalue weighted by atomic mass is 79.9. The zero-order valence-electron chi connectivity index (χ0n) is 11.5. The Morgan fingerprint density at radius 2 is 2.00 bits per heavy atom. The van der Waals surface area contributed by atoms with Gasteiger partial charge in [0.05, 0.1) is 11.4 Å². The van der Waals surface area contributed by atoms with Crippen LogP contribution in [0.15, 0.2) is 51.6 Å². The normalized spacial score (nSPS) is 10.7. The van der Waals surface area contributed by atoms with Gasteiger partial charge in [-0.3, -0.25) is 4.79 Å². The first kappa shape index (κ1) is 14.5. The zero-order valence-corrected chi connectivity index (χ0v) is 13.1. The predicted octanol–water partition coefficient (Wildman–Crippen LogP) is 3.93. The molecule has 0 unspecified atom stereocenters. The molecule has 0 radical (unpaired) electrons. The number of aromatic nitrogens is 2. The quantitative estimate of drug-likeness (QED) is 0.766. The summed E-state index contributed by atoms with van der Waals surface area (Å²) in [6, 6.07) is 10.8. The fraction of sp³-hybridized carbons (Fsp3) is 0.0667. The number of rotatable bonds is 3. The molecule has 2 aromatic heterocycles. The van der Waals surface area contributed by atoms with Gasteiger partial charge in [-0.25, -0.2) is 9.07 Å². The van der Waals surface area contributed by atoms with Crippen molar-refractivity contribution < 1.29 is 13.6 Å². The van der Waals surface area contributed by atoms with E-state index in [0.29, 0.717) is 16.2 Å². The minimum absolute atomic E-state index is 0.177. The molecule has 0 aliphatic rings. The Labute approximate surface area is 133 Å². The molecule has 0 saturated carbocycles. The topological polar surface area (TPSA) is 60.1 Å². The average molecular weight is 364 g/mol. The molecule has 7 heteroatoms. The van der Waals surface area contributed by atoms with E-state index in [1.165, 1.54) is 16.8 Å². The number of carbonyl (C=O) groups is 1. The number of anilines is 1. The molecule has 0 aliphatic carbocycles. The number of nitrogens with one attached hydrogen (secondary N) is 1. The highest BCUT2D eigenvalue weighted by molar-refractivity contribution is 9.10. The third-order valence-electron chi connectivity index (χ3n) is 2.94. The highest BCUT2D eigenvalue weighted by Crippen LogP contribution is 2.20. The maximum atomic E-state index is 13.0. The molecule has 1 amide bonds. The molecule has 0 saturated heterocycles. The maximum Gasteiger partial charge on any atom is 0.292 e. The zero-order chi connectivity index (χ0) is 15.7. The van der Waals surface area contributed by atoms with Crippen LogP contribution < -0.4 is 5.32 Å². The van der Waals surface area contributed by atoms with Gasteiger partial charge >= 0.3 is 0 Å². The molecule has 22 heavy (non-hydrogen) atoms. The Balaban J connectivity index is 1.91. The first-order valence-electron chi connectivity index (χ1n) is 6.42. The summed E-state index contributed by atoms with van der Waals surface area (Å²) in [5.74, 6) is -0.0781. The molecule has 3 aromatic rings. The van der Waals surface area contributed by atoms with Crippen LogP contribution in [0.25, 0.3) is 5.69 Å². The van der Waals surface area contributed by atoms with E-state index in [0.717, 1.165) is 5.69 Å². The third-order valence-corrected chi connectivity index (χ3v) is 3.37.